The first-order chi connectivity index (χ1) is 7.75. The van der Waals surface area contributed by atoms with Crippen molar-refractivity contribution >= 4 is 5.78 Å². The average molecular weight is 218 g/mol. The van der Waals surface area contributed by atoms with Crippen molar-refractivity contribution < 1.29 is 9.53 Å². The minimum atomic E-state index is 0.150. The molecule has 0 spiro atoms. The van der Waals surface area contributed by atoms with Crippen LogP contribution in [0.15, 0.2) is 30.3 Å². The van der Waals surface area contributed by atoms with E-state index >= 15 is 0 Å². The summed E-state index contributed by atoms with van der Waals surface area (Å²) in [4.78, 5) is 11.0. The first kappa shape index (κ1) is 11.3. The molecule has 1 heterocycles. The molecule has 1 aromatic rings. The Bertz CT molecular complexity index is 337. The molecule has 1 fully saturated rings. The summed E-state index contributed by atoms with van der Waals surface area (Å²) in [5.74, 6) is 0.729. The molecule has 86 valence electrons. The van der Waals surface area contributed by atoms with E-state index in [0.717, 1.165) is 19.4 Å². The van der Waals surface area contributed by atoms with Crippen molar-refractivity contribution in [3.63, 3.8) is 0 Å². The van der Waals surface area contributed by atoms with Crippen molar-refractivity contribution in [2.24, 2.45) is 0 Å². The molecule has 1 aliphatic rings. The van der Waals surface area contributed by atoms with Gasteiger partial charge in [-0.05, 0) is 25.3 Å². The highest BCUT2D eigenvalue weighted by Crippen LogP contribution is 2.28. The van der Waals surface area contributed by atoms with Gasteiger partial charge in [0.25, 0.3) is 0 Å². The molecule has 0 bridgehead atoms. The van der Waals surface area contributed by atoms with E-state index in [9.17, 15) is 4.79 Å². The number of carbonyl (C=O) groups excluding carboxylic acids is 1. The zero-order chi connectivity index (χ0) is 11.4. The van der Waals surface area contributed by atoms with Crippen molar-refractivity contribution in [3.05, 3.63) is 35.9 Å². The maximum Gasteiger partial charge on any atom is 0.132 e. The number of ether oxygens (including phenoxy) is 1. The quantitative estimate of drug-likeness (QED) is 0.779. The van der Waals surface area contributed by atoms with Crippen molar-refractivity contribution in [1.29, 1.82) is 0 Å². The van der Waals surface area contributed by atoms with Crippen LogP contribution in [0.3, 0.4) is 0 Å². The fourth-order valence-corrected chi connectivity index (χ4v) is 2.28. The zero-order valence-corrected chi connectivity index (χ0v) is 9.69. The standard InChI is InChI=1S/C14H18O2/c1-11(15)9-14-8-7-13(10-16-14)12-5-3-2-4-6-12/h2-6,13-14H,7-10H2,1H3. The van der Waals surface area contributed by atoms with Gasteiger partial charge in [-0.1, -0.05) is 30.3 Å². The molecule has 0 N–H and O–H groups in total. The molecular weight excluding hydrogens is 200 g/mol. The lowest BCUT2D eigenvalue weighted by Crippen LogP contribution is -2.26. The molecule has 1 aromatic carbocycles. The fraction of sp³-hybridized carbons (Fsp3) is 0.500. The van der Waals surface area contributed by atoms with Crippen LogP contribution in [0.4, 0.5) is 0 Å². The third-order valence-corrected chi connectivity index (χ3v) is 3.16. The molecule has 2 atom stereocenters. The average Bonchev–Trinajstić information content (AvgIpc) is 2.30. The van der Waals surface area contributed by atoms with Crippen molar-refractivity contribution in [1.82, 2.24) is 0 Å². The van der Waals surface area contributed by atoms with E-state index in [1.54, 1.807) is 6.92 Å². The highest BCUT2D eigenvalue weighted by molar-refractivity contribution is 5.75. The molecule has 0 aliphatic carbocycles. The topological polar surface area (TPSA) is 26.3 Å². The third-order valence-electron chi connectivity index (χ3n) is 3.16. The Kier molecular flexibility index (Phi) is 3.73. The number of hydrogen-bond donors (Lipinski definition) is 0. The van der Waals surface area contributed by atoms with Crippen LogP contribution in [0.25, 0.3) is 0 Å². The Morgan fingerprint density at radius 2 is 2.06 bits per heavy atom. The summed E-state index contributed by atoms with van der Waals surface area (Å²) in [5.41, 5.74) is 1.35. The second-order valence-electron chi connectivity index (χ2n) is 4.55. The second kappa shape index (κ2) is 5.26. The van der Waals surface area contributed by atoms with Crippen LogP contribution in [0.5, 0.6) is 0 Å². The zero-order valence-electron chi connectivity index (χ0n) is 9.69. The van der Waals surface area contributed by atoms with Crippen LogP contribution in [0.1, 0.15) is 37.7 Å². The van der Waals surface area contributed by atoms with Gasteiger partial charge in [-0.25, -0.2) is 0 Å². The monoisotopic (exact) mass is 218 g/mol. The van der Waals surface area contributed by atoms with Crippen molar-refractivity contribution in [3.8, 4) is 0 Å². The van der Waals surface area contributed by atoms with Crippen LogP contribution < -0.4 is 0 Å². The van der Waals surface area contributed by atoms with E-state index < -0.39 is 0 Å². The van der Waals surface area contributed by atoms with Crippen molar-refractivity contribution in [2.75, 3.05) is 6.61 Å². The Morgan fingerprint density at radius 1 is 1.31 bits per heavy atom. The number of hydrogen-bond acceptors (Lipinski definition) is 2. The Hall–Kier alpha value is -1.15. The summed E-state index contributed by atoms with van der Waals surface area (Å²) < 4.78 is 5.73. The summed E-state index contributed by atoms with van der Waals surface area (Å²) in [7, 11) is 0. The molecule has 16 heavy (non-hydrogen) atoms. The molecule has 0 radical (unpaired) electrons. The summed E-state index contributed by atoms with van der Waals surface area (Å²) in [6.45, 7) is 2.38. The first-order valence-electron chi connectivity index (χ1n) is 5.91. The Labute approximate surface area is 96.6 Å². The van der Waals surface area contributed by atoms with Crippen LogP contribution in [0.2, 0.25) is 0 Å². The predicted molar refractivity (Wildman–Crippen MR) is 63.5 cm³/mol. The van der Waals surface area contributed by atoms with Gasteiger partial charge in [0.15, 0.2) is 0 Å². The summed E-state index contributed by atoms with van der Waals surface area (Å²) in [6, 6.07) is 10.5. The van der Waals surface area contributed by atoms with E-state index in [1.165, 1.54) is 5.56 Å². The van der Waals surface area contributed by atoms with Gasteiger partial charge in [-0.15, -0.1) is 0 Å². The van der Waals surface area contributed by atoms with Gasteiger partial charge >= 0.3 is 0 Å². The predicted octanol–water partition coefficient (Wildman–Crippen LogP) is 2.93. The van der Waals surface area contributed by atoms with Gasteiger partial charge in [0.1, 0.15) is 5.78 Å². The van der Waals surface area contributed by atoms with Gasteiger partial charge in [-0.2, -0.15) is 0 Å². The number of rotatable bonds is 3. The van der Waals surface area contributed by atoms with Gasteiger partial charge in [-0.3, -0.25) is 4.79 Å². The molecule has 1 aliphatic heterocycles. The molecule has 2 heteroatoms. The van der Waals surface area contributed by atoms with E-state index in [0.29, 0.717) is 12.3 Å². The molecule has 0 amide bonds. The number of benzene rings is 1. The maximum absolute atomic E-state index is 11.0. The number of carbonyl (C=O) groups is 1. The Morgan fingerprint density at radius 3 is 2.62 bits per heavy atom. The highest BCUT2D eigenvalue weighted by atomic mass is 16.5. The number of ketones is 1. The van der Waals surface area contributed by atoms with E-state index in [1.807, 2.05) is 6.07 Å². The van der Waals surface area contributed by atoms with E-state index in [-0.39, 0.29) is 11.9 Å². The van der Waals surface area contributed by atoms with E-state index in [4.69, 9.17) is 4.74 Å². The molecule has 2 rings (SSSR count). The lowest BCUT2D eigenvalue weighted by Gasteiger charge is -2.28. The van der Waals surface area contributed by atoms with E-state index in [2.05, 4.69) is 24.3 Å². The number of Topliss-reactive ketones (excluding diaryl/α,β-unsaturated/α-hetero) is 1. The maximum atomic E-state index is 11.0. The molecular formula is C14H18O2. The molecule has 2 unspecified atom stereocenters. The fourth-order valence-electron chi connectivity index (χ4n) is 2.28. The largest absolute Gasteiger partial charge is 0.377 e. The minimum Gasteiger partial charge on any atom is -0.377 e. The Balaban J connectivity index is 1.88. The summed E-state index contributed by atoms with van der Waals surface area (Å²) in [6.07, 6.45) is 2.85. The normalized spacial score (nSPS) is 25.3. The highest BCUT2D eigenvalue weighted by Gasteiger charge is 2.23. The summed E-state index contributed by atoms with van der Waals surface area (Å²) >= 11 is 0. The second-order valence-corrected chi connectivity index (χ2v) is 4.55. The van der Waals surface area contributed by atoms with Crippen LogP contribution >= 0.6 is 0 Å². The van der Waals surface area contributed by atoms with Gasteiger partial charge in [0, 0.05) is 12.3 Å². The van der Waals surface area contributed by atoms with Crippen LogP contribution in [-0.4, -0.2) is 18.5 Å². The first-order valence-corrected chi connectivity index (χ1v) is 5.91. The van der Waals surface area contributed by atoms with Gasteiger partial charge < -0.3 is 4.74 Å². The van der Waals surface area contributed by atoms with Gasteiger partial charge in [0.05, 0.1) is 12.7 Å². The lowest BCUT2D eigenvalue weighted by molar-refractivity contribution is -0.120. The van der Waals surface area contributed by atoms with Gasteiger partial charge in [0.2, 0.25) is 0 Å². The SMILES string of the molecule is CC(=O)CC1CCC(c2ccccc2)CO1. The summed E-state index contributed by atoms with van der Waals surface area (Å²) in [5, 5.41) is 0. The lowest BCUT2D eigenvalue weighted by atomic mass is 9.90. The smallest absolute Gasteiger partial charge is 0.132 e. The van der Waals surface area contributed by atoms with Crippen LogP contribution in [-0.2, 0) is 9.53 Å². The van der Waals surface area contributed by atoms with Crippen molar-refractivity contribution in [2.45, 2.75) is 38.2 Å². The molecule has 1 saturated heterocycles. The molecule has 0 saturated carbocycles. The third kappa shape index (κ3) is 2.92. The molecule has 0 aromatic heterocycles. The van der Waals surface area contributed by atoms with Crippen LogP contribution in [0, 0.1) is 0 Å². The minimum absolute atomic E-state index is 0.150. The molecule has 2 nitrogen and oxygen atoms in total.